The van der Waals surface area contributed by atoms with Crippen molar-refractivity contribution >= 4 is 5.96 Å². The molecule has 146 valence electrons. The molecule has 0 aliphatic carbocycles. The van der Waals surface area contributed by atoms with E-state index in [9.17, 15) is 4.39 Å². The number of hydrogen-bond acceptors (Lipinski definition) is 4. The largest absolute Gasteiger partial charge is 0.469 e. The Labute approximate surface area is 159 Å². The lowest BCUT2D eigenvalue weighted by Crippen LogP contribution is -2.44. The lowest BCUT2D eigenvalue weighted by Gasteiger charge is -2.26. The van der Waals surface area contributed by atoms with E-state index in [0.29, 0.717) is 24.6 Å². The second-order valence-electron chi connectivity index (χ2n) is 6.39. The van der Waals surface area contributed by atoms with Gasteiger partial charge in [-0.25, -0.2) is 9.38 Å². The van der Waals surface area contributed by atoms with Gasteiger partial charge in [-0.15, -0.1) is 0 Å². The summed E-state index contributed by atoms with van der Waals surface area (Å²) in [7, 11) is 0. The van der Waals surface area contributed by atoms with Crippen LogP contribution in [0.2, 0.25) is 0 Å². The van der Waals surface area contributed by atoms with E-state index in [2.05, 4.69) is 20.5 Å². The minimum absolute atomic E-state index is 0.232. The van der Waals surface area contributed by atoms with Crippen LogP contribution in [0.4, 0.5) is 4.39 Å². The van der Waals surface area contributed by atoms with Gasteiger partial charge in [-0.05, 0) is 18.2 Å². The summed E-state index contributed by atoms with van der Waals surface area (Å²) in [5.74, 6) is 1.37. The lowest BCUT2D eigenvalue weighted by molar-refractivity contribution is 0.0389. The summed E-state index contributed by atoms with van der Waals surface area (Å²) in [5.41, 5.74) is 0.581. The third-order valence-electron chi connectivity index (χ3n) is 4.43. The van der Waals surface area contributed by atoms with Crippen molar-refractivity contribution in [3.05, 3.63) is 59.8 Å². The third-order valence-corrected chi connectivity index (χ3v) is 4.43. The molecule has 1 fully saturated rings. The Hall–Kier alpha value is -2.38. The number of furan rings is 1. The molecule has 0 bridgehead atoms. The highest BCUT2D eigenvalue weighted by atomic mass is 19.1. The Bertz CT molecular complexity index is 700. The van der Waals surface area contributed by atoms with Gasteiger partial charge in [0, 0.05) is 44.7 Å². The van der Waals surface area contributed by atoms with Gasteiger partial charge in [-0.3, -0.25) is 4.90 Å². The fraction of sp³-hybridized carbons (Fsp3) is 0.450. The number of hydrogen-bond donors (Lipinski definition) is 2. The average molecular weight is 374 g/mol. The highest BCUT2D eigenvalue weighted by Gasteiger charge is 2.10. The predicted octanol–water partition coefficient (Wildman–Crippen LogP) is 2.03. The van der Waals surface area contributed by atoms with Crippen molar-refractivity contribution in [1.82, 2.24) is 15.5 Å². The molecule has 0 atom stereocenters. The smallest absolute Gasteiger partial charge is 0.191 e. The zero-order chi connectivity index (χ0) is 18.7. The molecule has 0 spiro atoms. The summed E-state index contributed by atoms with van der Waals surface area (Å²) < 4.78 is 24.6. The monoisotopic (exact) mass is 374 g/mol. The van der Waals surface area contributed by atoms with Gasteiger partial charge in [0.15, 0.2) is 5.96 Å². The van der Waals surface area contributed by atoms with Crippen LogP contribution in [0.5, 0.6) is 0 Å². The second kappa shape index (κ2) is 10.7. The van der Waals surface area contributed by atoms with Crippen molar-refractivity contribution in [3.8, 4) is 0 Å². The summed E-state index contributed by atoms with van der Waals surface area (Å²) in [6.45, 7) is 6.15. The molecule has 1 saturated heterocycles. The van der Waals surface area contributed by atoms with Gasteiger partial charge < -0.3 is 19.8 Å². The van der Waals surface area contributed by atoms with E-state index >= 15 is 0 Å². The fourth-order valence-electron chi connectivity index (χ4n) is 2.88. The van der Waals surface area contributed by atoms with Crippen molar-refractivity contribution in [1.29, 1.82) is 0 Å². The fourth-order valence-corrected chi connectivity index (χ4v) is 2.88. The van der Waals surface area contributed by atoms with Gasteiger partial charge in [0.1, 0.15) is 11.6 Å². The highest BCUT2D eigenvalue weighted by molar-refractivity contribution is 5.79. The zero-order valence-corrected chi connectivity index (χ0v) is 15.5. The zero-order valence-electron chi connectivity index (χ0n) is 15.5. The maximum Gasteiger partial charge on any atom is 0.191 e. The van der Waals surface area contributed by atoms with Gasteiger partial charge >= 0.3 is 0 Å². The van der Waals surface area contributed by atoms with E-state index in [4.69, 9.17) is 9.15 Å². The lowest BCUT2D eigenvalue weighted by atomic mass is 10.2. The number of aliphatic imine (C=N–C) groups is 1. The molecule has 0 saturated carbocycles. The van der Waals surface area contributed by atoms with Crippen molar-refractivity contribution < 1.29 is 13.5 Å². The Morgan fingerprint density at radius 1 is 1.07 bits per heavy atom. The van der Waals surface area contributed by atoms with E-state index in [-0.39, 0.29) is 5.82 Å². The number of morpholine rings is 1. The van der Waals surface area contributed by atoms with Crippen LogP contribution in [0.3, 0.4) is 0 Å². The number of rotatable bonds is 8. The summed E-state index contributed by atoms with van der Waals surface area (Å²) in [6, 6.07) is 10.6. The molecular formula is C20H27FN4O2. The molecular weight excluding hydrogens is 347 g/mol. The van der Waals surface area contributed by atoms with E-state index in [0.717, 1.165) is 51.6 Å². The van der Waals surface area contributed by atoms with Crippen molar-refractivity contribution in [2.75, 3.05) is 45.9 Å². The van der Waals surface area contributed by atoms with Gasteiger partial charge in [0.05, 0.1) is 26.0 Å². The quantitative estimate of drug-likeness (QED) is 0.547. The molecule has 2 N–H and O–H groups in total. The van der Waals surface area contributed by atoms with Gasteiger partial charge in [0.25, 0.3) is 0 Å². The Morgan fingerprint density at radius 2 is 1.89 bits per heavy atom. The molecule has 0 amide bonds. The van der Waals surface area contributed by atoms with Gasteiger partial charge in [-0.2, -0.15) is 0 Å². The van der Waals surface area contributed by atoms with Crippen LogP contribution in [0, 0.1) is 5.82 Å². The molecule has 27 heavy (non-hydrogen) atoms. The predicted molar refractivity (Wildman–Crippen MR) is 103 cm³/mol. The third kappa shape index (κ3) is 6.69. The van der Waals surface area contributed by atoms with Crippen molar-refractivity contribution in [3.63, 3.8) is 0 Å². The maximum atomic E-state index is 13.8. The topological polar surface area (TPSA) is 62.0 Å². The van der Waals surface area contributed by atoms with Crippen LogP contribution in [-0.4, -0.2) is 56.8 Å². The standard InChI is InChI=1S/C20H27FN4O2/c21-19-6-2-1-4-17(19)16-24-20(22-8-7-18-5-3-13-27-18)23-9-10-25-11-14-26-15-12-25/h1-6,13H,7-12,14-16H2,(H2,22,23,24). The number of nitrogens with zero attached hydrogens (tertiary/aromatic N) is 2. The van der Waals surface area contributed by atoms with Crippen LogP contribution >= 0.6 is 0 Å². The van der Waals surface area contributed by atoms with Crippen molar-refractivity contribution in [2.45, 2.75) is 13.0 Å². The number of nitrogens with one attached hydrogen (secondary N) is 2. The first-order valence-electron chi connectivity index (χ1n) is 9.39. The van der Waals surface area contributed by atoms with E-state index in [1.54, 1.807) is 18.4 Å². The van der Waals surface area contributed by atoms with E-state index < -0.39 is 0 Å². The normalized spacial score (nSPS) is 15.7. The number of halogens is 1. The number of ether oxygens (including phenoxy) is 1. The van der Waals surface area contributed by atoms with Crippen LogP contribution in [0.15, 0.2) is 52.1 Å². The summed E-state index contributed by atoms with van der Waals surface area (Å²) in [6.07, 6.45) is 2.43. The molecule has 0 unspecified atom stereocenters. The maximum absolute atomic E-state index is 13.8. The molecule has 2 aromatic rings. The first-order valence-corrected chi connectivity index (χ1v) is 9.39. The SMILES string of the molecule is Fc1ccccc1CN=C(NCCc1ccco1)NCCN1CCOCC1. The average Bonchev–Trinajstić information content (AvgIpc) is 3.21. The van der Waals surface area contributed by atoms with Gasteiger partial charge in [0.2, 0.25) is 0 Å². The molecule has 1 aliphatic rings. The number of benzene rings is 1. The molecule has 1 aromatic carbocycles. The minimum atomic E-state index is -0.232. The second-order valence-corrected chi connectivity index (χ2v) is 6.39. The van der Waals surface area contributed by atoms with E-state index in [1.807, 2.05) is 18.2 Å². The minimum Gasteiger partial charge on any atom is -0.469 e. The first-order chi connectivity index (χ1) is 13.3. The number of guanidine groups is 1. The molecule has 2 heterocycles. The summed E-state index contributed by atoms with van der Waals surface area (Å²) in [4.78, 5) is 6.89. The first kappa shape index (κ1) is 19.4. The summed E-state index contributed by atoms with van der Waals surface area (Å²) >= 11 is 0. The molecule has 3 rings (SSSR count). The van der Waals surface area contributed by atoms with E-state index in [1.165, 1.54) is 6.07 Å². The molecule has 7 heteroatoms. The highest BCUT2D eigenvalue weighted by Crippen LogP contribution is 2.07. The Morgan fingerprint density at radius 3 is 2.67 bits per heavy atom. The molecule has 6 nitrogen and oxygen atoms in total. The van der Waals surface area contributed by atoms with Gasteiger partial charge in [-0.1, -0.05) is 18.2 Å². The van der Waals surface area contributed by atoms with Crippen LogP contribution in [-0.2, 0) is 17.7 Å². The Kier molecular flexibility index (Phi) is 7.68. The Balaban J connectivity index is 1.51. The summed E-state index contributed by atoms with van der Waals surface area (Å²) in [5, 5.41) is 6.64. The van der Waals surface area contributed by atoms with Crippen LogP contribution in [0.25, 0.3) is 0 Å². The van der Waals surface area contributed by atoms with Crippen molar-refractivity contribution in [2.24, 2.45) is 4.99 Å². The van der Waals surface area contributed by atoms with Crippen LogP contribution < -0.4 is 10.6 Å². The molecule has 0 radical (unpaired) electrons. The van der Waals surface area contributed by atoms with Crippen LogP contribution in [0.1, 0.15) is 11.3 Å². The molecule has 1 aromatic heterocycles. The molecule has 1 aliphatic heterocycles.